The minimum atomic E-state index is -0.213. The highest BCUT2D eigenvalue weighted by atomic mass is 79.9. The van der Waals surface area contributed by atoms with Crippen LogP contribution in [0.4, 0.5) is 0 Å². The zero-order valence-corrected chi connectivity index (χ0v) is 9.95. The molecule has 1 aromatic rings. The number of halogens is 1. The van der Waals surface area contributed by atoms with E-state index in [1.54, 1.807) is 12.3 Å². The van der Waals surface area contributed by atoms with E-state index in [0.29, 0.717) is 18.5 Å². The molecule has 0 aliphatic carbocycles. The number of aromatic nitrogens is 1. The molecule has 1 saturated heterocycles. The first-order chi connectivity index (χ1) is 7.65. The van der Waals surface area contributed by atoms with Gasteiger partial charge in [0.25, 0.3) is 5.91 Å². The molecule has 2 heterocycles. The third-order valence-electron chi connectivity index (χ3n) is 2.28. The molecule has 0 unspecified atom stereocenters. The smallest absolute Gasteiger partial charge is 0.253 e. The Bertz CT molecular complexity index is 436. The van der Waals surface area contributed by atoms with E-state index in [2.05, 4.69) is 31.5 Å². The van der Waals surface area contributed by atoms with Crippen molar-refractivity contribution in [2.24, 2.45) is 0 Å². The Morgan fingerprint density at radius 1 is 1.56 bits per heavy atom. The molecule has 0 radical (unpaired) electrons. The lowest BCUT2D eigenvalue weighted by Gasteiger charge is -2.09. The van der Waals surface area contributed by atoms with Crippen molar-refractivity contribution in [2.75, 3.05) is 6.54 Å². The topological polar surface area (TPSA) is 71.1 Å². The van der Waals surface area contributed by atoms with Gasteiger partial charge in [-0.05, 0) is 22.0 Å². The summed E-state index contributed by atoms with van der Waals surface area (Å²) in [5, 5.41) is 5.43. The molecule has 1 aliphatic rings. The summed E-state index contributed by atoms with van der Waals surface area (Å²) in [6.45, 7) is 0.492. The molecule has 1 fully saturated rings. The molecule has 2 rings (SSSR count). The van der Waals surface area contributed by atoms with Crippen LogP contribution in [0.3, 0.4) is 0 Å². The predicted molar refractivity (Wildman–Crippen MR) is 60.8 cm³/mol. The Kier molecular flexibility index (Phi) is 3.19. The van der Waals surface area contributed by atoms with Gasteiger partial charge in [-0.3, -0.25) is 14.6 Å². The summed E-state index contributed by atoms with van der Waals surface area (Å²) in [5.41, 5.74) is 0.480. The maximum atomic E-state index is 11.7. The number of nitrogens with one attached hydrogen (secondary N) is 2. The number of hydrogen-bond acceptors (Lipinski definition) is 3. The molecule has 16 heavy (non-hydrogen) atoms. The maximum Gasteiger partial charge on any atom is 0.253 e. The summed E-state index contributed by atoms with van der Waals surface area (Å²) in [4.78, 5) is 26.6. The molecular formula is C10H10BrN3O2. The second-order valence-electron chi connectivity index (χ2n) is 3.57. The summed E-state index contributed by atoms with van der Waals surface area (Å²) >= 11 is 3.24. The zero-order chi connectivity index (χ0) is 11.5. The molecule has 5 nitrogen and oxygen atoms in total. The van der Waals surface area contributed by atoms with Crippen LogP contribution in [0.1, 0.15) is 16.8 Å². The van der Waals surface area contributed by atoms with E-state index in [9.17, 15) is 9.59 Å². The second-order valence-corrected chi connectivity index (χ2v) is 4.49. The number of pyridine rings is 1. The van der Waals surface area contributed by atoms with E-state index in [1.165, 1.54) is 6.20 Å². The van der Waals surface area contributed by atoms with Gasteiger partial charge in [-0.15, -0.1) is 0 Å². The lowest BCUT2D eigenvalue weighted by molar-refractivity contribution is -0.119. The molecule has 1 atom stereocenters. The van der Waals surface area contributed by atoms with Gasteiger partial charge < -0.3 is 10.6 Å². The lowest BCUT2D eigenvalue weighted by atomic mass is 10.2. The average molecular weight is 284 g/mol. The number of carbonyl (C=O) groups is 2. The molecule has 2 amide bonds. The van der Waals surface area contributed by atoms with E-state index >= 15 is 0 Å². The van der Waals surface area contributed by atoms with Crippen molar-refractivity contribution in [3.63, 3.8) is 0 Å². The van der Waals surface area contributed by atoms with Crippen molar-refractivity contribution in [3.05, 3.63) is 28.5 Å². The number of carbonyl (C=O) groups excluding carboxylic acids is 2. The van der Waals surface area contributed by atoms with Crippen molar-refractivity contribution in [1.82, 2.24) is 15.6 Å². The van der Waals surface area contributed by atoms with Crippen molar-refractivity contribution in [2.45, 2.75) is 12.5 Å². The number of amides is 2. The number of nitrogens with zero attached hydrogens (tertiary/aromatic N) is 1. The molecule has 6 heteroatoms. The first-order valence-corrected chi connectivity index (χ1v) is 5.62. The SMILES string of the molecule is O=C1C[C@H](NC(=O)c2cncc(Br)c2)CN1. The third kappa shape index (κ3) is 2.57. The highest BCUT2D eigenvalue weighted by Crippen LogP contribution is 2.10. The minimum Gasteiger partial charge on any atom is -0.354 e. The highest BCUT2D eigenvalue weighted by molar-refractivity contribution is 9.10. The molecule has 0 bridgehead atoms. The van der Waals surface area contributed by atoms with Gasteiger partial charge in [0, 0.05) is 29.8 Å². The number of hydrogen-bond donors (Lipinski definition) is 2. The fraction of sp³-hybridized carbons (Fsp3) is 0.300. The summed E-state index contributed by atoms with van der Waals surface area (Å²) in [6, 6.07) is 1.56. The maximum absolute atomic E-state index is 11.7. The molecule has 1 aromatic heterocycles. The van der Waals surface area contributed by atoms with Gasteiger partial charge in [-0.2, -0.15) is 0 Å². The van der Waals surface area contributed by atoms with Crippen LogP contribution in [0.5, 0.6) is 0 Å². The molecule has 2 N–H and O–H groups in total. The van der Waals surface area contributed by atoms with Crippen molar-refractivity contribution >= 4 is 27.7 Å². The monoisotopic (exact) mass is 283 g/mol. The average Bonchev–Trinajstić information content (AvgIpc) is 2.64. The third-order valence-corrected chi connectivity index (χ3v) is 2.71. The summed E-state index contributed by atoms with van der Waals surface area (Å²) < 4.78 is 0.751. The van der Waals surface area contributed by atoms with E-state index < -0.39 is 0 Å². The van der Waals surface area contributed by atoms with E-state index in [1.807, 2.05) is 0 Å². The van der Waals surface area contributed by atoms with Gasteiger partial charge in [0.2, 0.25) is 5.91 Å². The van der Waals surface area contributed by atoms with Crippen LogP contribution in [-0.2, 0) is 4.79 Å². The van der Waals surface area contributed by atoms with Gasteiger partial charge in [0.05, 0.1) is 11.6 Å². The minimum absolute atomic E-state index is 0.0299. The number of rotatable bonds is 2. The Labute approximate surface area is 101 Å². The van der Waals surface area contributed by atoms with Crippen LogP contribution in [0.15, 0.2) is 22.9 Å². The quantitative estimate of drug-likeness (QED) is 0.829. The van der Waals surface area contributed by atoms with Crippen molar-refractivity contribution < 1.29 is 9.59 Å². The Morgan fingerprint density at radius 3 is 3.00 bits per heavy atom. The van der Waals surface area contributed by atoms with Crippen LogP contribution in [-0.4, -0.2) is 29.4 Å². The van der Waals surface area contributed by atoms with Crippen LogP contribution in [0, 0.1) is 0 Å². The molecular weight excluding hydrogens is 274 g/mol. The lowest BCUT2D eigenvalue weighted by Crippen LogP contribution is -2.36. The summed E-state index contributed by atoms with van der Waals surface area (Å²) in [7, 11) is 0. The van der Waals surface area contributed by atoms with E-state index in [0.717, 1.165) is 4.47 Å². The first kappa shape index (κ1) is 11.1. The molecule has 0 spiro atoms. The van der Waals surface area contributed by atoms with Crippen molar-refractivity contribution in [3.8, 4) is 0 Å². The summed E-state index contributed by atoms with van der Waals surface area (Å²) in [5.74, 6) is -0.243. The predicted octanol–water partition coefficient (Wildman–Crippen LogP) is 0.462. The van der Waals surface area contributed by atoms with Gasteiger partial charge in [-0.25, -0.2) is 0 Å². The van der Waals surface area contributed by atoms with Gasteiger partial charge in [0.1, 0.15) is 0 Å². The molecule has 0 saturated carbocycles. The fourth-order valence-electron chi connectivity index (χ4n) is 1.51. The van der Waals surface area contributed by atoms with Crippen LogP contribution in [0.2, 0.25) is 0 Å². The summed E-state index contributed by atoms with van der Waals surface area (Å²) in [6.07, 6.45) is 3.44. The van der Waals surface area contributed by atoms with E-state index in [-0.39, 0.29) is 17.9 Å². The Hall–Kier alpha value is -1.43. The molecule has 0 aromatic carbocycles. The molecule has 84 valence electrons. The molecule has 1 aliphatic heterocycles. The van der Waals surface area contributed by atoms with Gasteiger partial charge in [0.15, 0.2) is 0 Å². The Morgan fingerprint density at radius 2 is 2.38 bits per heavy atom. The highest BCUT2D eigenvalue weighted by Gasteiger charge is 2.23. The fourth-order valence-corrected chi connectivity index (χ4v) is 1.88. The normalized spacial score (nSPS) is 19.3. The van der Waals surface area contributed by atoms with Gasteiger partial charge in [-0.1, -0.05) is 0 Å². The first-order valence-electron chi connectivity index (χ1n) is 4.83. The van der Waals surface area contributed by atoms with E-state index in [4.69, 9.17) is 0 Å². The van der Waals surface area contributed by atoms with Gasteiger partial charge >= 0.3 is 0 Å². The van der Waals surface area contributed by atoms with Crippen LogP contribution >= 0.6 is 15.9 Å². The largest absolute Gasteiger partial charge is 0.354 e. The van der Waals surface area contributed by atoms with Crippen LogP contribution < -0.4 is 10.6 Å². The zero-order valence-electron chi connectivity index (χ0n) is 8.37. The second kappa shape index (κ2) is 4.61. The van der Waals surface area contributed by atoms with Crippen molar-refractivity contribution in [1.29, 1.82) is 0 Å². The Balaban J connectivity index is 2.00. The van der Waals surface area contributed by atoms with Crippen LogP contribution in [0.25, 0.3) is 0 Å². The standard InChI is InChI=1S/C10H10BrN3O2/c11-7-1-6(3-12-4-7)10(16)14-8-2-9(15)13-5-8/h1,3-4,8H,2,5H2,(H,13,15)(H,14,16)/t8-/m0/s1.